The molecule has 0 aromatic rings. The van der Waals surface area contributed by atoms with Crippen LogP contribution in [-0.4, -0.2) is 47.2 Å². The number of amides is 1. The number of hydrogen-bond donors (Lipinski definition) is 1. The first-order chi connectivity index (χ1) is 7.41. The van der Waals surface area contributed by atoms with Gasteiger partial charge in [-0.25, -0.2) is 0 Å². The van der Waals surface area contributed by atoms with Gasteiger partial charge in [0.1, 0.15) is 6.54 Å². The van der Waals surface area contributed by atoms with Crippen LogP contribution in [0.2, 0.25) is 0 Å². The number of carbonyl (C=O) groups excluding carboxylic acids is 1. The van der Waals surface area contributed by atoms with Crippen LogP contribution in [0.25, 0.3) is 0 Å². The fourth-order valence-corrected chi connectivity index (χ4v) is 1.88. The maximum Gasteiger partial charge on any atom is 0.323 e. The monoisotopic (exact) mass is 229 g/mol. The van der Waals surface area contributed by atoms with Crippen LogP contribution in [0.3, 0.4) is 0 Å². The maximum absolute atomic E-state index is 12.1. The number of carboxylic acid groups (broad SMARTS) is 1. The lowest BCUT2D eigenvalue weighted by molar-refractivity contribution is -0.147. The zero-order chi connectivity index (χ0) is 12.3. The Balaban J connectivity index is 2.63. The summed E-state index contributed by atoms with van der Waals surface area (Å²) in [5, 5.41) is 8.75. The first-order valence-electron chi connectivity index (χ1n) is 5.55. The Kier molecular flexibility index (Phi) is 4.29. The van der Waals surface area contributed by atoms with Crippen LogP contribution in [0.15, 0.2) is 0 Å². The molecular formula is C11H19NO4. The molecule has 0 aliphatic carbocycles. The average molecular weight is 229 g/mol. The fraction of sp³-hybridized carbons (Fsp3) is 0.818. The van der Waals surface area contributed by atoms with E-state index in [1.807, 2.05) is 20.8 Å². The Labute approximate surface area is 95.4 Å². The molecule has 1 aliphatic heterocycles. The van der Waals surface area contributed by atoms with Gasteiger partial charge >= 0.3 is 5.97 Å². The molecule has 0 saturated carbocycles. The Morgan fingerprint density at radius 3 is 2.50 bits per heavy atom. The summed E-state index contributed by atoms with van der Waals surface area (Å²) in [7, 11) is 0. The molecule has 1 N–H and O–H groups in total. The third-order valence-corrected chi connectivity index (χ3v) is 2.76. The van der Waals surface area contributed by atoms with E-state index in [0.717, 1.165) is 0 Å². The van der Waals surface area contributed by atoms with Crippen LogP contribution in [0.1, 0.15) is 27.2 Å². The van der Waals surface area contributed by atoms with Crippen molar-refractivity contribution in [2.75, 3.05) is 13.2 Å². The highest BCUT2D eigenvalue weighted by atomic mass is 16.5. The molecule has 2 unspecified atom stereocenters. The van der Waals surface area contributed by atoms with Gasteiger partial charge in [-0.2, -0.15) is 0 Å². The topological polar surface area (TPSA) is 66.8 Å². The normalized spacial score (nSPS) is 24.8. The molecule has 1 rings (SSSR count). The summed E-state index contributed by atoms with van der Waals surface area (Å²) in [5.74, 6) is -1.27. The van der Waals surface area contributed by atoms with Crippen LogP contribution in [-0.2, 0) is 14.3 Å². The van der Waals surface area contributed by atoms with Gasteiger partial charge in [-0.3, -0.25) is 9.59 Å². The first-order valence-corrected chi connectivity index (χ1v) is 5.55. The summed E-state index contributed by atoms with van der Waals surface area (Å²) in [6.45, 7) is 5.73. The molecule has 2 atom stereocenters. The van der Waals surface area contributed by atoms with Gasteiger partial charge in [0.2, 0.25) is 5.91 Å². The van der Waals surface area contributed by atoms with Crippen LogP contribution < -0.4 is 0 Å². The van der Waals surface area contributed by atoms with E-state index in [2.05, 4.69) is 0 Å². The molecule has 0 radical (unpaired) electrons. The average Bonchev–Trinajstić information content (AvgIpc) is 2.59. The lowest BCUT2D eigenvalue weighted by Gasteiger charge is -2.27. The molecule has 1 heterocycles. The second kappa shape index (κ2) is 5.30. The molecule has 1 amide bonds. The van der Waals surface area contributed by atoms with Crippen LogP contribution >= 0.6 is 0 Å². The molecule has 0 spiro atoms. The van der Waals surface area contributed by atoms with Gasteiger partial charge in [-0.15, -0.1) is 0 Å². The van der Waals surface area contributed by atoms with Gasteiger partial charge < -0.3 is 14.7 Å². The lowest BCUT2D eigenvalue weighted by atomic mass is 10.0. The van der Waals surface area contributed by atoms with Crippen molar-refractivity contribution >= 4 is 11.9 Å². The predicted octanol–water partition coefficient (Wildman–Crippen LogP) is 0.733. The summed E-state index contributed by atoms with van der Waals surface area (Å²) >= 11 is 0. The van der Waals surface area contributed by atoms with E-state index in [9.17, 15) is 9.59 Å². The third kappa shape index (κ3) is 3.20. The van der Waals surface area contributed by atoms with E-state index >= 15 is 0 Å². The van der Waals surface area contributed by atoms with Crippen molar-refractivity contribution in [1.82, 2.24) is 4.90 Å². The highest BCUT2D eigenvalue weighted by molar-refractivity contribution is 5.83. The minimum absolute atomic E-state index is 0.0905. The summed E-state index contributed by atoms with van der Waals surface area (Å²) in [5.41, 5.74) is 0. The molecule has 1 fully saturated rings. The van der Waals surface area contributed by atoms with Gasteiger partial charge in [0.15, 0.2) is 0 Å². The van der Waals surface area contributed by atoms with Crippen molar-refractivity contribution < 1.29 is 19.4 Å². The highest BCUT2D eigenvalue weighted by Gasteiger charge is 2.33. The summed E-state index contributed by atoms with van der Waals surface area (Å²) in [4.78, 5) is 24.1. The third-order valence-electron chi connectivity index (χ3n) is 2.76. The number of rotatable bonds is 4. The number of carbonyl (C=O) groups is 2. The van der Waals surface area contributed by atoms with Crippen LogP contribution in [0, 0.1) is 5.92 Å². The van der Waals surface area contributed by atoms with E-state index in [1.54, 1.807) is 0 Å². The van der Waals surface area contributed by atoms with Crippen molar-refractivity contribution in [3.63, 3.8) is 0 Å². The molecule has 0 aromatic carbocycles. The molecule has 0 aromatic heterocycles. The standard InChI is InChI=1S/C11H19NO4/c1-7(2)12(5-10(13)14)11(15)9-4-8(3)16-6-9/h7-9H,4-6H2,1-3H3,(H,13,14). The van der Waals surface area contributed by atoms with E-state index < -0.39 is 5.97 Å². The second-order valence-corrected chi connectivity index (χ2v) is 4.53. The molecule has 16 heavy (non-hydrogen) atoms. The van der Waals surface area contributed by atoms with Gasteiger partial charge in [0, 0.05) is 6.04 Å². The number of ether oxygens (including phenoxy) is 1. The Morgan fingerprint density at radius 1 is 1.50 bits per heavy atom. The number of nitrogens with zero attached hydrogens (tertiary/aromatic N) is 1. The van der Waals surface area contributed by atoms with Gasteiger partial charge in [0.05, 0.1) is 18.6 Å². The molecule has 5 nitrogen and oxygen atoms in total. The maximum atomic E-state index is 12.1. The summed E-state index contributed by atoms with van der Waals surface area (Å²) in [6.07, 6.45) is 0.773. The van der Waals surface area contributed by atoms with Crippen LogP contribution in [0.4, 0.5) is 0 Å². The quantitative estimate of drug-likeness (QED) is 0.771. The van der Waals surface area contributed by atoms with Crippen LogP contribution in [0.5, 0.6) is 0 Å². The summed E-state index contributed by atoms with van der Waals surface area (Å²) in [6, 6.07) is -0.0977. The zero-order valence-electron chi connectivity index (χ0n) is 9.97. The van der Waals surface area contributed by atoms with E-state index in [1.165, 1.54) is 4.90 Å². The molecule has 0 bridgehead atoms. The van der Waals surface area contributed by atoms with Gasteiger partial charge in [-0.05, 0) is 27.2 Å². The lowest BCUT2D eigenvalue weighted by Crippen LogP contribution is -2.44. The van der Waals surface area contributed by atoms with E-state index in [0.29, 0.717) is 13.0 Å². The minimum Gasteiger partial charge on any atom is -0.480 e. The van der Waals surface area contributed by atoms with Crippen molar-refractivity contribution in [3.8, 4) is 0 Å². The minimum atomic E-state index is -0.978. The van der Waals surface area contributed by atoms with E-state index in [4.69, 9.17) is 9.84 Å². The van der Waals surface area contributed by atoms with Crippen molar-refractivity contribution in [2.45, 2.75) is 39.3 Å². The molecular weight excluding hydrogens is 210 g/mol. The second-order valence-electron chi connectivity index (χ2n) is 4.53. The van der Waals surface area contributed by atoms with E-state index in [-0.39, 0.29) is 30.5 Å². The van der Waals surface area contributed by atoms with Crippen molar-refractivity contribution in [3.05, 3.63) is 0 Å². The first kappa shape index (κ1) is 13.0. The Bertz CT molecular complexity index is 277. The van der Waals surface area contributed by atoms with Gasteiger partial charge in [0.25, 0.3) is 0 Å². The zero-order valence-corrected chi connectivity index (χ0v) is 9.97. The molecule has 5 heteroatoms. The number of aliphatic carboxylic acids is 1. The molecule has 1 saturated heterocycles. The Hall–Kier alpha value is -1.10. The SMILES string of the molecule is CC1CC(C(=O)N(CC(=O)O)C(C)C)CO1. The summed E-state index contributed by atoms with van der Waals surface area (Å²) < 4.78 is 5.33. The predicted molar refractivity (Wildman–Crippen MR) is 58.0 cm³/mol. The van der Waals surface area contributed by atoms with Crippen molar-refractivity contribution in [2.24, 2.45) is 5.92 Å². The Morgan fingerprint density at radius 2 is 2.12 bits per heavy atom. The highest BCUT2D eigenvalue weighted by Crippen LogP contribution is 2.22. The smallest absolute Gasteiger partial charge is 0.323 e. The van der Waals surface area contributed by atoms with Crippen molar-refractivity contribution in [1.29, 1.82) is 0 Å². The fourth-order valence-electron chi connectivity index (χ4n) is 1.88. The number of carboxylic acids is 1. The molecule has 1 aliphatic rings. The molecule has 92 valence electrons. The largest absolute Gasteiger partial charge is 0.480 e. The van der Waals surface area contributed by atoms with Gasteiger partial charge in [-0.1, -0.05) is 0 Å². The number of hydrogen-bond acceptors (Lipinski definition) is 3.